The summed E-state index contributed by atoms with van der Waals surface area (Å²) in [6.07, 6.45) is 5.72. The molecule has 9 heteroatoms. The number of aromatic amines is 1. The van der Waals surface area contributed by atoms with Crippen LogP contribution in [0, 0.1) is 5.41 Å². The lowest BCUT2D eigenvalue weighted by atomic mass is 9.81. The first-order valence-corrected chi connectivity index (χ1v) is 11.4. The smallest absolute Gasteiger partial charge is 0.264 e. The minimum Gasteiger partial charge on any atom is -0.345 e. The van der Waals surface area contributed by atoms with E-state index in [1.807, 2.05) is 36.1 Å². The second-order valence-corrected chi connectivity index (χ2v) is 9.43. The van der Waals surface area contributed by atoms with Crippen molar-refractivity contribution in [2.45, 2.75) is 33.2 Å². The fourth-order valence-electron chi connectivity index (χ4n) is 4.58. The number of nitrogens with one attached hydrogen (secondary N) is 1. The molecule has 32 heavy (non-hydrogen) atoms. The highest BCUT2D eigenvalue weighted by molar-refractivity contribution is 6.38. The van der Waals surface area contributed by atoms with Crippen molar-refractivity contribution in [1.82, 2.24) is 24.3 Å². The van der Waals surface area contributed by atoms with E-state index in [2.05, 4.69) is 21.9 Å². The van der Waals surface area contributed by atoms with Crippen LogP contribution >= 0.6 is 11.6 Å². The first kappa shape index (κ1) is 21.0. The van der Waals surface area contributed by atoms with Gasteiger partial charge in [-0.05, 0) is 37.8 Å². The molecule has 1 aromatic carbocycles. The molecule has 1 aliphatic rings. The van der Waals surface area contributed by atoms with E-state index in [4.69, 9.17) is 22.3 Å². The molecule has 0 bridgehead atoms. The van der Waals surface area contributed by atoms with Crippen LogP contribution in [0.5, 0.6) is 0 Å². The van der Waals surface area contributed by atoms with Crippen molar-refractivity contribution in [1.29, 1.82) is 0 Å². The topological polar surface area (TPSA) is 97.8 Å². The second kappa shape index (κ2) is 7.64. The molecular formula is C23H28ClN7O. The molecule has 1 aliphatic heterocycles. The minimum absolute atomic E-state index is 0.0890. The maximum absolute atomic E-state index is 13.5. The van der Waals surface area contributed by atoms with Crippen LogP contribution < -0.4 is 16.2 Å². The zero-order valence-corrected chi connectivity index (χ0v) is 19.4. The molecular weight excluding hydrogens is 426 g/mol. The molecule has 1 fully saturated rings. The molecule has 168 valence electrons. The quantitative estimate of drug-likeness (QED) is 0.492. The Morgan fingerprint density at radius 3 is 2.69 bits per heavy atom. The van der Waals surface area contributed by atoms with Crippen molar-refractivity contribution in [2.24, 2.45) is 18.2 Å². The van der Waals surface area contributed by atoms with Gasteiger partial charge in [0.25, 0.3) is 5.56 Å². The van der Waals surface area contributed by atoms with Gasteiger partial charge in [0.2, 0.25) is 5.95 Å². The molecule has 0 saturated carbocycles. The number of rotatable bonds is 4. The molecule has 4 aromatic rings. The van der Waals surface area contributed by atoms with Crippen molar-refractivity contribution in [2.75, 3.05) is 24.5 Å². The van der Waals surface area contributed by atoms with E-state index < -0.39 is 0 Å². The Morgan fingerprint density at radius 1 is 1.25 bits per heavy atom. The molecule has 8 nitrogen and oxygen atoms in total. The Labute approximate surface area is 191 Å². The minimum atomic E-state index is -0.0890. The number of hydrogen-bond acceptors (Lipinski definition) is 5. The Morgan fingerprint density at radius 2 is 2.00 bits per heavy atom. The average molecular weight is 454 g/mol. The summed E-state index contributed by atoms with van der Waals surface area (Å²) in [4.78, 5) is 23.7. The molecule has 1 saturated heterocycles. The van der Waals surface area contributed by atoms with E-state index in [1.54, 1.807) is 11.6 Å². The number of anilines is 1. The first-order valence-electron chi connectivity index (χ1n) is 11.0. The van der Waals surface area contributed by atoms with Crippen LogP contribution in [0.4, 0.5) is 5.95 Å². The highest BCUT2D eigenvalue weighted by atomic mass is 35.5. The van der Waals surface area contributed by atoms with Crippen LogP contribution in [0.1, 0.15) is 26.7 Å². The monoisotopic (exact) mass is 453 g/mol. The van der Waals surface area contributed by atoms with Crippen molar-refractivity contribution >= 4 is 39.5 Å². The summed E-state index contributed by atoms with van der Waals surface area (Å²) in [5.74, 6) is 0.681. The van der Waals surface area contributed by atoms with Crippen molar-refractivity contribution in [3.05, 3.63) is 39.9 Å². The molecule has 3 aromatic heterocycles. The second-order valence-electron chi connectivity index (χ2n) is 9.05. The number of halogens is 1. The van der Waals surface area contributed by atoms with Crippen LogP contribution in [-0.2, 0) is 13.6 Å². The molecule has 0 unspecified atom stereocenters. The summed E-state index contributed by atoms with van der Waals surface area (Å²) < 4.78 is 3.50. The van der Waals surface area contributed by atoms with Gasteiger partial charge in [-0.1, -0.05) is 24.6 Å². The van der Waals surface area contributed by atoms with Crippen LogP contribution in [0.3, 0.4) is 0 Å². The fraction of sp³-hybridized carbons (Fsp3) is 0.435. The summed E-state index contributed by atoms with van der Waals surface area (Å²) >= 11 is 6.77. The number of benzene rings is 1. The molecule has 0 radical (unpaired) electrons. The fourth-order valence-corrected chi connectivity index (χ4v) is 4.89. The Kier molecular flexibility index (Phi) is 5.02. The van der Waals surface area contributed by atoms with Crippen molar-refractivity contribution in [3.63, 3.8) is 0 Å². The Balaban J connectivity index is 1.59. The molecule has 5 rings (SSSR count). The average Bonchev–Trinajstić information content (AvgIpc) is 3.42. The third-order valence-electron chi connectivity index (χ3n) is 6.92. The number of H-pyrrole nitrogens is 1. The van der Waals surface area contributed by atoms with E-state index in [9.17, 15) is 4.79 Å². The number of nitrogens with zero attached hydrogens (tertiary/aromatic N) is 5. The number of piperidine rings is 1. The standard InChI is InChI=1S/C23H28ClN7O/c1-4-31-12-16-17(28-31)6-5-14(19(16)24)15-11-26-20-18(15)21(32)29(3)22(27-20)30-9-7-23(2,13-25)8-10-30/h5-6,11-12,26H,4,7-10,13,25H2,1-3H3. The summed E-state index contributed by atoms with van der Waals surface area (Å²) in [6.45, 7) is 7.36. The molecule has 4 heterocycles. The summed E-state index contributed by atoms with van der Waals surface area (Å²) in [7, 11) is 1.79. The van der Waals surface area contributed by atoms with Crippen LogP contribution in [0.25, 0.3) is 33.1 Å². The molecule has 0 atom stereocenters. The predicted octanol–water partition coefficient (Wildman–Crippen LogP) is 3.52. The zero-order valence-electron chi connectivity index (χ0n) is 18.7. The van der Waals surface area contributed by atoms with Crippen LogP contribution in [0.15, 0.2) is 29.3 Å². The molecule has 3 N–H and O–H groups in total. The van der Waals surface area contributed by atoms with Gasteiger partial charge in [0.05, 0.1) is 15.9 Å². The number of hydrogen-bond donors (Lipinski definition) is 2. The van der Waals surface area contributed by atoms with Gasteiger partial charge in [-0.25, -0.2) is 0 Å². The maximum Gasteiger partial charge on any atom is 0.264 e. The van der Waals surface area contributed by atoms with Gasteiger partial charge in [-0.2, -0.15) is 10.1 Å². The molecule has 0 aliphatic carbocycles. The van der Waals surface area contributed by atoms with E-state index in [0.717, 1.165) is 54.5 Å². The predicted molar refractivity (Wildman–Crippen MR) is 129 cm³/mol. The zero-order chi connectivity index (χ0) is 22.6. The van der Waals surface area contributed by atoms with E-state index >= 15 is 0 Å². The van der Waals surface area contributed by atoms with Gasteiger partial charge in [0.15, 0.2) is 0 Å². The maximum atomic E-state index is 13.5. The van der Waals surface area contributed by atoms with E-state index in [0.29, 0.717) is 28.5 Å². The number of aromatic nitrogens is 5. The van der Waals surface area contributed by atoms with Gasteiger partial charge >= 0.3 is 0 Å². The van der Waals surface area contributed by atoms with Gasteiger partial charge in [0, 0.05) is 55.6 Å². The van der Waals surface area contributed by atoms with Gasteiger partial charge < -0.3 is 15.6 Å². The summed E-state index contributed by atoms with van der Waals surface area (Å²) in [6, 6.07) is 3.86. The first-order chi connectivity index (χ1) is 15.3. The Bertz CT molecular complexity index is 1370. The summed E-state index contributed by atoms with van der Waals surface area (Å²) in [5.41, 5.74) is 8.98. The van der Waals surface area contributed by atoms with E-state index in [1.165, 1.54) is 0 Å². The number of aryl methyl sites for hydroxylation is 1. The van der Waals surface area contributed by atoms with Crippen LogP contribution in [-0.4, -0.2) is 43.9 Å². The van der Waals surface area contributed by atoms with Crippen LogP contribution in [0.2, 0.25) is 5.02 Å². The highest BCUT2D eigenvalue weighted by Gasteiger charge is 2.30. The van der Waals surface area contributed by atoms with Crippen molar-refractivity contribution < 1.29 is 0 Å². The molecule has 0 spiro atoms. The number of nitrogens with two attached hydrogens (primary N) is 1. The number of fused-ring (bicyclic) bond motifs is 2. The SMILES string of the molecule is CCn1cc2c(Cl)c(-c3c[nH]c4nc(N5CCC(C)(CN)CC5)n(C)c(=O)c34)ccc2n1. The van der Waals surface area contributed by atoms with Gasteiger partial charge in [-0.3, -0.25) is 14.0 Å². The van der Waals surface area contributed by atoms with Gasteiger partial charge in [-0.15, -0.1) is 0 Å². The lowest BCUT2D eigenvalue weighted by molar-refractivity contribution is 0.256. The lowest BCUT2D eigenvalue weighted by Crippen LogP contribution is -2.44. The van der Waals surface area contributed by atoms with Gasteiger partial charge in [0.1, 0.15) is 5.65 Å². The third kappa shape index (κ3) is 3.20. The normalized spacial score (nSPS) is 16.3. The Hall–Kier alpha value is -2.84. The third-order valence-corrected chi connectivity index (χ3v) is 7.33. The largest absolute Gasteiger partial charge is 0.345 e. The van der Waals surface area contributed by atoms with Crippen molar-refractivity contribution in [3.8, 4) is 11.1 Å². The van der Waals surface area contributed by atoms with E-state index in [-0.39, 0.29) is 11.0 Å². The lowest BCUT2D eigenvalue weighted by Gasteiger charge is -2.39. The summed E-state index contributed by atoms with van der Waals surface area (Å²) in [5, 5.41) is 6.53. The highest BCUT2D eigenvalue weighted by Crippen LogP contribution is 2.37. The molecule has 0 amide bonds.